The Kier molecular flexibility index (Phi) is 4.25. The number of para-hydroxylation sites is 1. The van der Waals surface area contributed by atoms with Gasteiger partial charge in [-0.15, -0.1) is 0 Å². The third-order valence-electron chi connectivity index (χ3n) is 2.80. The third kappa shape index (κ3) is 3.38. The van der Waals surface area contributed by atoms with Crippen molar-refractivity contribution < 1.29 is 9.59 Å². The minimum absolute atomic E-state index is 0.160. The van der Waals surface area contributed by atoms with Crippen molar-refractivity contribution in [1.82, 2.24) is 10.7 Å². The van der Waals surface area contributed by atoms with Crippen LogP contribution < -0.4 is 16.1 Å². The average Bonchev–Trinajstić information content (AvgIpc) is 2.42. The molecule has 1 aliphatic rings. The van der Waals surface area contributed by atoms with E-state index >= 15 is 0 Å². The third-order valence-corrected chi connectivity index (χ3v) is 2.80. The minimum Gasteiger partial charge on any atom is -0.321 e. The van der Waals surface area contributed by atoms with Crippen LogP contribution in [0.25, 0.3) is 0 Å². The number of carbonyl (C=O) groups is 2. The van der Waals surface area contributed by atoms with Crippen LogP contribution in [0.3, 0.4) is 0 Å². The van der Waals surface area contributed by atoms with Gasteiger partial charge in [0.15, 0.2) is 0 Å². The van der Waals surface area contributed by atoms with Crippen LogP contribution in [0.5, 0.6) is 0 Å². The van der Waals surface area contributed by atoms with E-state index in [2.05, 4.69) is 21.2 Å². The van der Waals surface area contributed by atoms with Gasteiger partial charge < -0.3 is 10.6 Å². The molecule has 0 aromatic heterocycles. The number of rotatable bonds is 4. The Bertz CT molecular complexity index is 525. The van der Waals surface area contributed by atoms with Crippen LogP contribution in [-0.4, -0.2) is 24.6 Å². The molecule has 100 valence electrons. The van der Waals surface area contributed by atoms with Crippen molar-refractivity contribution in [3.63, 3.8) is 0 Å². The van der Waals surface area contributed by atoms with Gasteiger partial charge in [0.1, 0.15) is 5.71 Å². The minimum atomic E-state index is -0.274. The predicted octanol–water partition coefficient (Wildman–Crippen LogP) is 0.610. The molecule has 1 aliphatic heterocycles. The molecule has 0 fully saturated rings. The van der Waals surface area contributed by atoms with E-state index in [1.54, 1.807) is 0 Å². The molecule has 1 aromatic rings. The van der Waals surface area contributed by atoms with E-state index in [-0.39, 0.29) is 11.8 Å². The van der Waals surface area contributed by atoms with Crippen LogP contribution >= 0.6 is 0 Å². The lowest BCUT2D eigenvalue weighted by molar-refractivity contribution is -0.121. The first kappa shape index (κ1) is 13.2. The van der Waals surface area contributed by atoms with Gasteiger partial charge >= 0.3 is 0 Å². The fourth-order valence-electron chi connectivity index (χ4n) is 1.82. The van der Waals surface area contributed by atoms with Gasteiger partial charge in [-0.3, -0.25) is 9.59 Å². The molecule has 1 heterocycles. The quantitative estimate of drug-likeness (QED) is 0.741. The van der Waals surface area contributed by atoms with E-state index in [0.717, 1.165) is 11.3 Å². The Hall–Kier alpha value is -2.21. The molecule has 3 N–H and O–H groups in total. The van der Waals surface area contributed by atoms with Crippen molar-refractivity contribution in [3.8, 4) is 0 Å². The van der Waals surface area contributed by atoms with E-state index < -0.39 is 0 Å². The zero-order valence-corrected chi connectivity index (χ0v) is 10.7. The SMILES string of the molecule is CNCc1ccccc1NC(=O)C1=NNC(=O)CC1. The first-order valence-corrected chi connectivity index (χ1v) is 6.10. The lowest BCUT2D eigenvalue weighted by atomic mass is 10.1. The van der Waals surface area contributed by atoms with E-state index in [1.807, 2.05) is 31.3 Å². The van der Waals surface area contributed by atoms with Gasteiger partial charge in [-0.25, -0.2) is 5.43 Å². The molecular formula is C13H16N4O2. The predicted molar refractivity (Wildman–Crippen MR) is 72.6 cm³/mol. The van der Waals surface area contributed by atoms with Crippen LogP contribution in [0.15, 0.2) is 29.4 Å². The molecule has 0 bridgehead atoms. The maximum absolute atomic E-state index is 12.0. The Labute approximate surface area is 111 Å². The Balaban J connectivity index is 2.08. The fourth-order valence-corrected chi connectivity index (χ4v) is 1.82. The lowest BCUT2D eigenvalue weighted by Gasteiger charge is -2.14. The maximum Gasteiger partial charge on any atom is 0.271 e. The molecule has 19 heavy (non-hydrogen) atoms. The first-order chi connectivity index (χ1) is 9.20. The summed E-state index contributed by atoms with van der Waals surface area (Å²) in [5.74, 6) is -0.435. The number of nitrogens with zero attached hydrogens (tertiary/aromatic N) is 1. The molecule has 6 heteroatoms. The van der Waals surface area contributed by atoms with Crippen molar-refractivity contribution in [2.24, 2.45) is 5.10 Å². The summed E-state index contributed by atoms with van der Waals surface area (Å²) in [5, 5.41) is 9.63. The van der Waals surface area contributed by atoms with Crippen LogP contribution in [0.4, 0.5) is 5.69 Å². The second kappa shape index (κ2) is 6.10. The highest BCUT2D eigenvalue weighted by atomic mass is 16.2. The number of amides is 2. The standard InChI is InChI=1S/C13H16N4O2/c1-14-8-9-4-2-3-5-10(9)15-13(19)11-6-7-12(18)17-16-11/h2-5,14H,6-8H2,1H3,(H,15,19)(H,17,18). The molecule has 0 unspecified atom stereocenters. The normalized spacial score (nSPS) is 14.6. The van der Waals surface area contributed by atoms with Crippen LogP contribution in [0.1, 0.15) is 18.4 Å². The van der Waals surface area contributed by atoms with Crippen LogP contribution in [-0.2, 0) is 16.1 Å². The average molecular weight is 260 g/mol. The molecule has 0 aliphatic carbocycles. The zero-order chi connectivity index (χ0) is 13.7. The van der Waals surface area contributed by atoms with Crippen LogP contribution in [0, 0.1) is 0 Å². The van der Waals surface area contributed by atoms with Crippen LogP contribution in [0.2, 0.25) is 0 Å². The number of hydrazone groups is 1. The smallest absolute Gasteiger partial charge is 0.271 e. The van der Waals surface area contributed by atoms with Crippen molar-refractivity contribution in [2.75, 3.05) is 12.4 Å². The summed E-state index contributed by atoms with van der Waals surface area (Å²) in [6.45, 7) is 0.666. The molecule has 2 amide bonds. The van der Waals surface area contributed by atoms with Crippen molar-refractivity contribution in [2.45, 2.75) is 19.4 Å². The summed E-state index contributed by atoms with van der Waals surface area (Å²) in [5.41, 5.74) is 4.41. The first-order valence-electron chi connectivity index (χ1n) is 6.10. The topological polar surface area (TPSA) is 82.6 Å². The highest BCUT2D eigenvalue weighted by Gasteiger charge is 2.18. The number of hydrogen-bond acceptors (Lipinski definition) is 4. The molecule has 0 saturated carbocycles. The summed E-state index contributed by atoms with van der Waals surface area (Å²) in [6, 6.07) is 7.56. The van der Waals surface area contributed by atoms with Gasteiger partial charge in [-0.1, -0.05) is 18.2 Å². The Morgan fingerprint density at radius 1 is 1.37 bits per heavy atom. The molecule has 0 radical (unpaired) electrons. The monoisotopic (exact) mass is 260 g/mol. The second-order valence-corrected chi connectivity index (χ2v) is 4.24. The molecular weight excluding hydrogens is 244 g/mol. The fraction of sp³-hybridized carbons (Fsp3) is 0.308. The molecule has 6 nitrogen and oxygen atoms in total. The lowest BCUT2D eigenvalue weighted by Crippen LogP contribution is -2.33. The van der Waals surface area contributed by atoms with E-state index in [4.69, 9.17) is 0 Å². The summed E-state index contributed by atoms with van der Waals surface area (Å²) < 4.78 is 0. The number of anilines is 1. The van der Waals surface area contributed by atoms with Crippen molar-refractivity contribution in [1.29, 1.82) is 0 Å². The zero-order valence-electron chi connectivity index (χ0n) is 10.7. The summed E-state index contributed by atoms with van der Waals surface area (Å²) >= 11 is 0. The molecule has 0 spiro atoms. The molecule has 2 rings (SSSR count). The van der Waals surface area contributed by atoms with Gasteiger partial charge in [0.2, 0.25) is 5.91 Å². The molecule has 0 saturated heterocycles. The highest BCUT2D eigenvalue weighted by Crippen LogP contribution is 2.15. The van der Waals surface area contributed by atoms with Gasteiger partial charge in [0.25, 0.3) is 5.91 Å². The number of benzene rings is 1. The van der Waals surface area contributed by atoms with Gasteiger partial charge in [0, 0.05) is 25.1 Å². The summed E-state index contributed by atoms with van der Waals surface area (Å²) in [7, 11) is 1.85. The van der Waals surface area contributed by atoms with Crippen molar-refractivity contribution >= 4 is 23.2 Å². The Morgan fingerprint density at radius 3 is 2.84 bits per heavy atom. The Morgan fingerprint density at radius 2 is 2.16 bits per heavy atom. The van der Waals surface area contributed by atoms with Crippen molar-refractivity contribution in [3.05, 3.63) is 29.8 Å². The highest BCUT2D eigenvalue weighted by molar-refractivity contribution is 6.43. The summed E-state index contributed by atoms with van der Waals surface area (Å²) in [6.07, 6.45) is 0.663. The number of hydrogen-bond donors (Lipinski definition) is 3. The number of nitrogens with one attached hydrogen (secondary N) is 3. The molecule has 1 aromatic carbocycles. The van der Waals surface area contributed by atoms with E-state index in [0.29, 0.717) is 25.1 Å². The van der Waals surface area contributed by atoms with Gasteiger partial charge in [0.05, 0.1) is 0 Å². The molecule has 0 atom stereocenters. The largest absolute Gasteiger partial charge is 0.321 e. The summed E-state index contributed by atoms with van der Waals surface area (Å²) in [4.78, 5) is 23.0. The van der Waals surface area contributed by atoms with E-state index in [9.17, 15) is 9.59 Å². The van der Waals surface area contributed by atoms with E-state index in [1.165, 1.54) is 0 Å². The van der Waals surface area contributed by atoms with Gasteiger partial charge in [-0.2, -0.15) is 5.10 Å². The second-order valence-electron chi connectivity index (χ2n) is 4.24. The number of carbonyl (C=O) groups excluding carboxylic acids is 2. The van der Waals surface area contributed by atoms with Gasteiger partial charge in [-0.05, 0) is 18.7 Å². The maximum atomic E-state index is 12.0.